The van der Waals surface area contributed by atoms with Crippen LogP contribution >= 0.6 is 11.6 Å². The number of pyridine rings is 1. The molecule has 0 aliphatic carbocycles. The first kappa shape index (κ1) is 22.7. The number of fused-ring (bicyclic) bond motifs is 2. The molecule has 2 aromatic heterocycles. The Morgan fingerprint density at radius 2 is 1.69 bits per heavy atom. The number of carbonyl (C=O) groups is 1. The van der Waals surface area contributed by atoms with Crippen molar-refractivity contribution in [1.29, 1.82) is 0 Å². The molecular weight excluding hydrogens is 472 g/mol. The maximum Gasteiger partial charge on any atom is 0.296 e. The van der Waals surface area contributed by atoms with Gasteiger partial charge in [0, 0.05) is 11.2 Å². The van der Waals surface area contributed by atoms with Crippen LogP contribution in [0.5, 0.6) is 17.2 Å². The summed E-state index contributed by atoms with van der Waals surface area (Å²) in [5.41, 5.74) is 1.58. The van der Waals surface area contributed by atoms with Crippen LogP contribution in [0.15, 0.2) is 57.9 Å². The average molecular weight is 493 g/mol. The third-order valence-electron chi connectivity index (χ3n) is 5.98. The number of aromatic nitrogens is 1. The van der Waals surface area contributed by atoms with Crippen molar-refractivity contribution in [2.75, 3.05) is 26.2 Å². The van der Waals surface area contributed by atoms with Crippen LogP contribution in [0.2, 0.25) is 5.02 Å². The van der Waals surface area contributed by atoms with E-state index in [1.54, 1.807) is 36.5 Å². The monoisotopic (exact) mass is 492 g/mol. The van der Waals surface area contributed by atoms with Crippen molar-refractivity contribution < 1.29 is 23.4 Å². The smallest absolute Gasteiger partial charge is 0.296 e. The van der Waals surface area contributed by atoms with Crippen molar-refractivity contribution in [3.05, 3.63) is 86.4 Å². The fourth-order valence-electron chi connectivity index (χ4n) is 4.36. The highest BCUT2D eigenvalue weighted by atomic mass is 35.5. The minimum atomic E-state index is -0.860. The molecule has 0 saturated heterocycles. The summed E-state index contributed by atoms with van der Waals surface area (Å²) >= 11 is 6.16. The van der Waals surface area contributed by atoms with Gasteiger partial charge in [0.2, 0.25) is 11.5 Å². The van der Waals surface area contributed by atoms with Crippen LogP contribution in [-0.2, 0) is 0 Å². The number of ether oxygens (including phenoxy) is 3. The molecule has 1 atom stereocenters. The average Bonchev–Trinajstić information content (AvgIpc) is 3.16. The van der Waals surface area contributed by atoms with Crippen molar-refractivity contribution in [2.24, 2.45) is 0 Å². The summed E-state index contributed by atoms with van der Waals surface area (Å²) in [6.45, 7) is 1.90. The number of anilines is 1. The molecule has 1 aliphatic heterocycles. The van der Waals surface area contributed by atoms with Gasteiger partial charge >= 0.3 is 0 Å². The number of rotatable bonds is 5. The van der Waals surface area contributed by atoms with Gasteiger partial charge in [0.1, 0.15) is 11.4 Å². The van der Waals surface area contributed by atoms with E-state index >= 15 is 0 Å². The van der Waals surface area contributed by atoms with E-state index in [9.17, 15) is 9.59 Å². The van der Waals surface area contributed by atoms with Crippen LogP contribution in [0.1, 0.15) is 33.3 Å². The third kappa shape index (κ3) is 3.57. The zero-order valence-corrected chi connectivity index (χ0v) is 20.2. The molecular formula is C26H21ClN2O6. The molecule has 3 heterocycles. The van der Waals surface area contributed by atoms with E-state index in [0.717, 1.165) is 5.56 Å². The van der Waals surface area contributed by atoms with Gasteiger partial charge < -0.3 is 18.6 Å². The molecule has 0 N–H and O–H groups in total. The zero-order valence-electron chi connectivity index (χ0n) is 19.4. The number of hydrogen-bond acceptors (Lipinski definition) is 7. The highest BCUT2D eigenvalue weighted by Crippen LogP contribution is 2.46. The molecule has 1 unspecified atom stereocenters. The van der Waals surface area contributed by atoms with E-state index < -0.39 is 11.9 Å². The van der Waals surface area contributed by atoms with Gasteiger partial charge in [-0.1, -0.05) is 17.7 Å². The van der Waals surface area contributed by atoms with Crippen LogP contribution in [0, 0.1) is 6.92 Å². The van der Waals surface area contributed by atoms with Gasteiger partial charge in [-0.3, -0.25) is 14.5 Å². The van der Waals surface area contributed by atoms with Crippen LogP contribution < -0.4 is 24.5 Å². The first-order valence-electron chi connectivity index (χ1n) is 10.7. The van der Waals surface area contributed by atoms with Crippen molar-refractivity contribution >= 4 is 34.3 Å². The van der Waals surface area contributed by atoms with E-state index in [2.05, 4.69) is 4.98 Å². The lowest BCUT2D eigenvalue weighted by molar-refractivity contribution is 0.0970. The fraction of sp³-hybridized carbons (Fsp3) is 0.192. The number of benzene rings is 2. The Labute approximate surface area is 205 Å². The maximum absolute atomic E-state index is 13.8. The third-order valence-corrected chi connectivity index (χ3v) is 6.21. The molecule has 8 nitrogen and oxygen atoms in total. The number of halogens is 1. The number of hydrogen-bond donors (Lipinski definition) is 0. The van der Waals surface area contributed by atoms with E-state index in [0.29, 0.717) is 33.7 Å². The summed E-state index contributed by atoms with van der Waals surface area (Å²) in [4.78, 5) is 33.4. The van der Waals surface area contributed by atoms with Gasteiger partial charge in [-0.2, -0.15) is 0 Å². The number of nitrogens with zero attached hydrogens (tertiary/aromatic N) is 2. The van der Waals surface area contributed by atoms with Gasteiger partial charge in [-0.25, -0.2) is 4.98 Å². The van der Waals surface area contributed by atoms with Gasteiger partial charge in [-0.15, -0.1) is 0 Å². The molecule has 178 valence electrons. The number of amides is 1. The standard InChI is InChI=1S/C26H21ClN2O6/c1-13-5-8-20(28-12-13)29-22(14-9-18(32-2)24(34-4)19(10-14)33-3)21-23(30)16-11-15(27)6-7-17(16)35-25(21)26(29)31/h5-12,22H,1-4H3. The molecule has 1 amide bonds. The van der Waals surface area contributed by atoms with Crippen molar-refractivity contribution in [3.63, 3.8) is 0 Å². The quantitative estimate of drug-likeness (QED) is 0.390. The van der Waals surface area contributed by atoms with Gasteiger partial charge in [0.15, 0.2) is 16.9 Å². The zero-order chi connectivity index (χ0) is 24.9. The van der Waals surface area contributed by atoms with Crippen LogP contribution in [0.3, 0.4) is 0 Å². The molecule has 0 fully saturated rings. The number of carbonyl (C=O) groups excluding carboxylic acids is 1. The Kier molecular flexibility index (Phi) is 5.61. The van der Waals surface area contributed by atoms with Crippen LogP contribution in [-0.4, -0.2) is 32.2 Å². The van der Waals surface area contributed by atoms with Gasteiger partial charge in [0.25, 0.3) is 5.91 Å². The van der Waals surface area contributed by atoms with Crippen LogP contribution in [0.4, 0.5) is 5.82 Å². The lowest BCUT2D eigenvalue weighted by atomic mass is 9.97. The van der Waals surface area contributed by atoms with Crippen molar-refractivity contribution in [1.82, 2.24) is 4.98 Å². The van der Waals surface area contributed by atoms with Gasteiger partial charge in [0.05, 0.1) is 38.3 Å². The first-order chi connectivity index (χ1) is 16.9. The van der Waals surface area contributed by atoms with E-state index in [1.807, 2.05) is 13.0 Å². The summed E-state index contributed by atoms with van der Waals surface area (Å²) in [6.07, 6.45) is 1.66. The Balaban J connectivity index is 1.84. The Morgan fingerprint density at radius 3 is 2.29 bits per heavy atom. The van der Waals surface area contributed by atoms with E-state index in [4.69, 9.17) is 30.2 Å². The molecule has 0 radical (unpaired) electrons. The maximum atomic E-state index is 13.8. The highest BCUT2D eigenvalue weighted by Gasteiger charge is 2.45. The normalized spacial score (nSPS) is 14.8. The van der Waals surface area contributed by atoms with E-state index in [1.165, 1.54) is 32.3 Å². The largest absolute Gasteiger partial charge is 0.493 e. The molecule has 5 rings (SSSR count). The topological polar surface area (TPSA) is 91.1 Å². The fourth-order valence-corrected chi connectivity index (χ4v) is 4.53. The first-order valence-corrected chi connectivity index (χ1v) is 11.1. The molecule has 1 aliphatic rings. The molecule has 0 spiro atoms. The minimum Gasteiger partial charge on any atom is -0.493 e. The van der Waals surface area contributed by atoms with Crippen molar-refractivity contribution in [2.45, 2.75) is 13.0 Å². The lowest BCUT2D eigenvalue weighted by Crippen LogP contribution is -2.30. The Hall–Kier alpha value is -4.04. The second-order valence-corrected chi connectivity index (χ2v) is 8.48. The number of methoxy groups -OCH3 is 3. The molecule has 9 heteroatoms. The van der Waals surface area contributed by atoms with Gasteiger partial charge in [-0.05, 0) is 54.4 Å². The SMILES string of the molecule is COc1cc(C2c3c(oc4ccc(Cl)cc4c3=O)C(=O)N2c2ccc(C)cn2)cc(OC)c1OC. The van der Waals surface area contributed by atoms with Crippen LogP contribution in [0.25, 0.3) is 11.0 Å². The number of aryl methyl sites for hydroxylation is 1. The summed E-state index contributed by atoms with van der Waals surface area (Å²) in [5, 5.41) is 0.663. The Morgan fingerprint density at radius 1 is 0.971 bits per heavy atom. The second-order valence-electron chi connectivity index (χ2n) is 8.04. The predicted molar refractivity (Wildman–Crippen MR) is 131 cm³/mol. The second kappa shape index (κ2) is 8.63. The van der Waals surface area contributed by atoms with Crippen molar-refractivity contribution in [3.8, 4) is 17.2 Å². The minimum absolute atomic E-state index is 0.0500. The highest BCUT2D eigenvalue weighted by molar-refractivity contribution is 6.31. The summed E-state index contributed by atoms with van der Waals surface area (Å²) in [7, 11) is 4.50. The molecule has 35 heavy (non-hydrogen) atoms. The lowest BCUT2D eigenvalue weighted by Gasteiger charge is -2.25. The predicted octanol–water partition coefficient (Wildman–Crippen LogP) is 4.93. The summed E-state index contributed by atoms with van der Waals surface area (Å²) < 4.78 is 22.5. The molecule has 4 aromatic rings. The summed E-state index contributed by atoms with van der Waals surface area (Å²) in [6, 6.07) is 10.8. The van der Waals surface area contributed by atoms with E-state index in [-0.39, 0.29) is 27.7 Å². The summed E-state index contributed by atoms with van der Waals surface area (Å²) in [5.74, 6) is 0.989. The molecule has 0 saturated carbocycles. The molecule has 2 aromatic carbocycles. The Bertz CT molecular complexity index is 1500. The molecule has 0 bridgehead atoms.